The molecular weight excluding hydrogens is 246 g/mol. The first-order chi connectivity index (χ1) is 8.45. The molecule has 0 aliphatic carbocycles. The quantitative estimate of drug-likeness (QED) is 0.619. The van der Waals surface area contributed by atoms with Gasteiger partial charge in [0.25, 0.3) is 0 Å². The Morgan fingerprint density at radius 3 is 2.61 bits per heavy atom. The van der Waals surface area contributed by atoms with Crippen molar-refractivity contribution in [3.63, 3.8) is 0 Å². The molecule has 0 aliphatic heterocycles. The molecule has 0 unspecified atom stereocenters. The number of ether oxygens (including phenoxy) is 2. The number of anilines is 2. The summed E-state index contributed by atoms with van der Waals surface area (Å²) in [5.74, 6) is -0.765. The average molecular weight is 260 g/mol. The van der Waals surface area contributed by atoms with Crippen molar-refractivity contribution in [3.05, 3.63) is 17.7 Å². The Balaban J connectivity index is 3.04. The van der Waals surface area contributed by atoms with Crippen LogP contribution in [-0.4, -0.2) is 19.2 Å². The number of hydrogen-bond acceptors (Lipinski definition) is 5. The van der Waals surface area contributed by atoms with Crippen LogP contribution in [0.4, 0.5) is 20.2 Å². The number of nitrogen functional groups attached to an aromatic ring is 2. The Bertz CT molecular complexity index is 439. The summed E-state index contributed by atoms with van der Waals surface area (Å²) in [6.45, 7) is -1.18. The maximum atomic E-state index is 12.2. The van der Waals surface area contributed by atoms with Gasteiger partial charge >= 0.3 is 12.6 Å². The van der Waals surface area contributed by atoms with E-state index in [-0.39, 0.29) is 35.7 Å². The van der Waals surface area contributed by atoms with Crippen LogP contribution in [-0.2, 0) is 16.0 Å². The van der Waals surface area contributed by atoms with Crippen LogP contribution in [0.3, 0.4) is 0 Å². The number of alkyl halides is 2. The van der Waals surface area contributed by atoms with Gasteiger partial charge in [-0.15, -0.1) is 0 Å². The lowest BCUT2D eigenvalue weighted by Gasteiger charge is -2.14. The summed E-state index contributed by atoms with van der Waals surface area (Å²) < 4.78 is 33.4. The standard InChI is InChI=1S/C11H14F2N2O3/c1-2-17-9(16)5-6-8(18-11(12)13)4-3-7(14)10(6)15/h3-4,11H,2,5,14-15H2,1H3. The minimum Gasteiger partial charge on any atom is -0.466 e. The molecule has 100 valence electrons. The molecule has 0 atom stereocenters. The van der Waals surface area contributed by atoms with E-state index in [4.69, 9.17) is 16.2 Å². The molecule has 0 spiro atoms. The Kier molecular flexibility index (Phi) is 4.70. The summed E-state index contributed by atoms with van der Waals surface area (Å²) in [6.07, 6.45) is -0.271. The van der Waals surface area contributed by atoms with Gasteiger partial charge in [-0.05, 0) is 19.1 Å². The third-order valence-electron chi connectivity index (χ3n) is 2.19. The van der Waals surface area contributed by atoms with E-state index in [0.29, 0.717) is 0 Å². The fraction of sp³-hybridized carbons (Fsp3) is 0.364. The molecule has 1 rings (SSSR count). The monoisotopic (exact) mass is 260 g/mol. The lowest BCUT2D eigenvalue weighted by atomic mass is 10.1. The van der Waals surface area contributed by atoms with E-state index in [9.17, 15) is 13.6 Å². The first-order valence-corrected chi connectivity index (χ1v) is 5.23. The van der Waals surface area contributed by atoms with E-state index < -0.39 is 12.6 Å². The smallest absolute Gasteiger partial charge is 0.387 e. The van der Waals surface area contributed by atoms with Crippen LogP contribution in [0.5, 0.6) is 5.75 Å². The minimum absolute atomic E-state index is 0.0428. The third kappa shape index (κ3) is 3.47. The second kappa shape index (κ2) is 6.04. The first kappa shape index (κ1) is 14.0. The van der Waals surface area contributed by atoms with Gasteiger partial charge < -0.3 is 20.9 Å². The Labute approximate surface area is 103 Å². The summed E-state index contributed by atoms with van der Waals surface area (Å²) in [5, 5.41) is 0. The molecule has 0 amide bonds. The Morgan fingerprint density at radius 2 is 2.06 bits per heavy atom. The van der Waals surface area contributed by atoms with E-state index in [1.54, 1.807) is 6.92 Å². The van der Waals surface area contributed by atoms with Gasteiger partial charge in [-0.25, -0.2) is 0 Å². The number of nitrogens with two attached hydrogens (primary N) is 2. The zero-order valence-corrected chi connectivity index (χ0v) is 9.78. The number of hydrogen-bond donors (Lipinski definition) is 2. The van der Waals surface area contributed by atoms with Crippen molar-refractivity contribution in [1.29, 1.82) is 0 Å². The average Bonchev–Trinajstić information content (AvgIpc) is 2.28. The zero-order chi connectivity index (χ0) is 13.7. The van der Waals surface area contributed by atoms with Crippen molar-refractivity contribution < 1.29 is 23.0 Å². The topological polar surface area (TPSA) is 87.6 Å². The molecule has 0 saturated heterocycles. The molecule has 0 bridgehead atoms. The largest absolute Gasteiger partial charge is 0.466 e. The maximum Gasteiger partial charge on any atom is 0.387 e. The lowest BCUT2D eigenvalue weighted by Crippen LogP contribution is -2.13. The molecule has 4 N–H and O–H groups in total. The van der Waals surface area contributed by atoms with Crippen LogP contribution in [0.2, 0.25) is 0 Å². The van der Waals surface area contributed by atoms with Crippen molar-refractivity contribution in [1.82, 2.24) is 0 Å². The Morgan fingerprint density at radius 1 is 1.39 bits per heavy atom. The molecule has 0 heterocycles. The van der Waals surface area contributed by atoms with Gasteiger partial charge in [-0.2, -0.15) is 8.78 Å². The lowest BCUT2D eigenvalue weighted by molar-refractivity contribution is -0.142. The van der Waals surface area contributed by atoms with Crippen molar-refractivity contribution in [3.8, 4) is 5.75 Å². The number of halogens is 2. The second-order valence-corrected chi connectivity index (χ2v) is 3.41. The van der Waals surface area contributed by atoms with Crippen LogP contribution in [0.15, 0.2) is 12.1 Å². The van der Waals surface area contributed by atoms with Crippen molar-refractivity contribution in [2.24, 2.45) is 0 Å². The molecule has 1 aromatic carbocycles. The fourth-order valence-corrected chi connectivity index (χ4v) is 1.41. The van der Waals surface area contributed by atoms with Gasteiger partial charge in [-0.1, -0.05) is 0 Å². The molecule has 0 radical (unpaired) electrons. The first-order valence-electron chi connectivity index (χ1n) is 5.23. The van der Waals surface area contributed by atoms with Crippen molar-refractivity contribution in [2.45, 2.75) is 20.0 Å². The molecule has 18 heavy (non-hydrogen) atoms. The molecule has 0 aromatic heterocycles. The van der Waals surface area contributed by atoms with E-state index in [0.717, 1.165) is 0 Å². The Hall–Kier alpha value is -2.05. The number of rotatable bonds is 5. The van der Waals surface area contributed by atoms with Crippen LogP contribution in [0.25, 0.3) is 0 Å². The van der Waals surface area contributed by atoms with E-state index in [1.807, 2.05) is 0 Å². The molecule has 1 aromatic rings. The van der Waals surface area contributed by atoms with Crippen LogP contribution >= 0.6 is 0 Å². The highest BCUT2D eigenvalue weighted by Crippen LogP contribution is 2.31. The van der Waals surface area contributed by atoms with Gasteiger partial charge in [0.2, 0.25) is 0 Å². The number of carbonyl (C=O) groups is 1. The minimum atomic E-state index is -3.01. The van der Waals surface area contributed by atoms with E-state index in [2.05, 4.69) is 4.74 Å². The second-order valence-electron chi connectivity index (χ2n) is 3.41. The number of esters is 1. The van der Waals surface area contributed by atoms with Crippen LogP contribution in [0, 0.1) is 0 Å². The van der Waals surface area contributed by atoms with Crippen molar-refractivity contribution >= 4 is 17.3 Å². The van der Waals surface area contributed by atoms with E-state index in [1.165, 1.54) is 12.1 Å². The highest BCUT2D eigenvalue weighted by molar-refractivity contribution is 5.80. The summed E-state index contributed by atoms with van der Waals surface area (Å²) in [4.78, 5) is 11.4. The van der Waals surface area contributed by atoms with Crippen molar-refractivity contribution in [2.75, 3.05) is 18.1 Å². The van der Waals surface area contributed by atoms with Crippen LogP contribution < -0.4 is 16.2 Å². The zero-order valence-electron chi connectivity index (χ0n) is 9.78. The fourth-order valence-electron chi connectivity index (χ4n) is 1.41. The summed E-state index contributed by atoms with van der Waals surface area (Å²) >= 11 is 0. The normalized spacial score (nSPS) is 10.4. The van der Waals surface area contributed by atoms with Gasteiger partial charge in [-0.3, -0.25) is 4.79 Å². The summed E-state index contributed by atoms with van der Waals surface area (Å²) in [7, 11) is 0. The molecule has 7 heteroatoms. The summed E-state index contributed by atoms with van der Waals surface area (Å²) in [5.41, 5.74) is 11.5. The third-order valence-corrected chi connectivity index (χ3v) is 2.19. The van der Waals surface area contributed by atoms with Gasteiger partial charge in [0.05, 0.1) is 24.4 Å². The van der Waals surface area contributed by atoms with Gasteiger partial charge in [0.1, 0.15) is 5.75 Å². The number of benzene rings is 1. The molecule has 0 saturated carbocycles. The molecule has 0 aliphatic rings. The van der Waals surface area contributed by atoms with Crippen LogP contribution in [0.1, 0.15) is 12.5 Å². The highest BCUT2D eigenvalue weighted by atomic mass is 19.3. The van der Waals surface area contributed by atoms with Gasteiger partial charge in [0, 0.05) is 5.56 Å². The highest BCUT2D eigenvalue weighted by Gasteiger charge is 2.17. The maximum absolute atomic E-state index is 12.2. The van der Waals surface area contributed by atoms with Gasteiger partial charge in [0.15, 0.2) is 0 Å². The predicted molar refractivity (Wildman–Crippen MR) is 62.2 cm³/mol. The predicted octanol–water partition coefficient (Wildman–Crippen LogP) is 1.56. The SMILES string of the molecule is CCOC(=O)Cc1c(OC(F)F)ccc(N)c1N. The van der Waals surface area contributed by atoms with E-state index >= 15 is 0 Å². The number of carbonyl (C=O) groups excluding carboxylic acids is 1. The molecule has 0 fully saturated rings. The molecule has 5 nitrogen and oxygen atoms in total. The molecular formula is C11H14F2N2O3. The summed E-state index contributed by atoms with van der Waals surface area (Å²) in [6, 6.07) is 2.58.